The van der Waals surface area contributed by atoms with Gasteiger partial charge in [0.05, 0.1) is 8.07 Å². The molecule has 1 aromatic rings. The van der Waals surface area contributed by atoms with Crippen LogP contribution in [0.4, 0.5) is 0 Å². The Balaban J connectivity index is 3.14. The minimum absolute atomic E-state index is 0.0198. The summed E-state index contributed by atoms with van der Waals surface area (Å²) in [4.78, 5) is 0. The Hall–Kier alpha value is -0.646. The van der Waals surface area contributed by atoms with E-state index in [0.29, 0.717) is 11.5 Å². The van der Waals surface area contributed by atoms with Crippen LogP contribution >= 0.6 is 0 Å². The highest BCUT2D eigenvalue weighted by Crippen LogP contribution is 2.41. The summed E-state index contributed by atoms with van der Waals surface area (Å²) >= 11 is 0. The lowest BCUT2D eigenvalue weighted by Gasteiger charge is -2.47. The van der Waals surface area contributed by atoms with Gasteiger partial charge in [-0.15, -0.1) is 6.58 Å². The van der Waals surface area contributed by atoms with Gasteiger partial charge in [-0.25, -0.2) is 0 Å². The Morgan fingerprint density at radius 2 is 1.58 bits per heavy atom. The second-order valence-corrected chi connectivity index (χ2v) is 19.1. The van der Waals surface area contributed by atoms with E-state index in [1.807, 2.05) is 0 Å². The van der Waals surface area contributed by atoms with Crippen molar-refractivity contribution >= 4 is 16.4 Å². The first-order chi connectivity index (χ1) is 10.8. The molecule has 0 amide bonds. The van der Waals surface area contributed by atoms with Crippen molar-refractivity contribution in [3.8, 4) is 0 Å². The van der Waals surface area contributed by atoms with Crippen LogP contribution in [-0.4, -0.2) is 21.6 Å². The normalized spacial score (nSPS) is 17.9. The van der Waals surface area contributed by atoms with Crippen LogP contribution in [-0.2, 0) is 4.43 Å². The molecule has 3 unspecified atom stereocenters. The lowest BCUT2D eigenvalue weighted by atomic mass is 10.0. The predicted molar refractivity (Wildman–Crippen MR) is 114 cm³/mol. The Bertz CT molecular complexity index is 545. The van der Waals surface area contributed by atoms with Crippen molar-refractivity contribution < 1.29 is 4.43 Å². The van der Waals surface area contributed by atoms with Crippen molar-refractivity contribution in [2.45, 2.75) is 83.5 Å². The van der Waals surface area contributed by atoms with E-state index in [1.165, 1.54) is 11.1 Å². The van der Waals surface area contributed by atoms with E-state index in [-0.39, 0.29) is 5.22 Å². The predicted octanol–water partition coefficient (Wildman–Crippen LogP) is 7.00. The zero-order valence-electron chi connectivity index (χ0n) is 17.4. The van der Waals surface area contributed by atoms with Gasteiger partial charge in [-0.05, 0) is 50.4 Å². The first-order valence-corrected chi connectivity index (χ1v) is 15.4. The SMILES string of the molecule is C=C(C)C(C)[Si](C)(CC(C)c1ccccc1)OC(C)(C)[Si](C)(C)C. The van der Waals surface area contributed by atoms with Gasteiger partial charge in [0, 0.05) is 5.22 Å². The Kier molecular flexibility index (Phi) is 6.88. The molecule has 0 aliphatic rings. The van der Waals surface area contributed by atoms with Crippen molar-refractivity contribution in [1.29, 1.82) is 0 Å². The lowest BCUT2D eigenvalue weighted by Crippen LogP contribution is -2.57. The largest absolute Gasteiger partial charge is 0.414 e. The first kappa shape index (κ1) is 21.4. The second kappa shape index (κ2) is 7.71. The van der Waals surface area contributed by atoms with Crippen LogP contribution in [0.25, 0.3) is 0 Å². The van der Waals surface area contributed by atoms with E-state index >= 15 is 0 Å². The highest BCUT2D eigenvalue weighted by atomic mass is 28.4. The number of allylic oxidation sites excluding steroid dienone is 1. The number of benzene rings is 1. The molecule has 136 valence electrons. The van der Waals surface area contributed by atoms with E-state index in [0.717, 1.165) is 6.04 Å². The third-order valence-electron chi connectivity index (χ3n) is 6.03. The third kappa shape index (κ3) is 5.17. The monoisotopic (exact) mass is 362 g/mol. The molecule has 24 heavy (non-hydrogen) atoms. The van der Waals surface area contributed by atoms with Gasteiger partial charge in [-0.1, -0.05) is 69.4 Å². The van der Waals surface area contributed by atoms with Gasteiger partial charge in [0.15, 0.2) is 8.32 Å². The first-order valence-electron chi connectivity index (χ1n) is 9.21. The van der Waals surface area contributed by atoms with E-state index < -0.39 is 16.4 Å². The molecule has 3 heteroatoms. The molecule has 0 spiro atoms. The zero-order valence-corrected chi connectivity index (χ0v) is 19.4. The summed E-state index contributed by atoms with van der Waals surface area (Å²) in [5.74, 6) is 0.516. The van der Waals surface area contributed by atoms with Gasteiger partial charge in [0.2, 0.25) is 0 Å². The topological polar surface area (TPSA) is 9.23 Å². The smallest absolute Gasteiger partial charge is 0.197 e. The van der Waals surface area contributed by atoms with Crippen molar-refractivity contribution in [3.63, 3.8) is 0 Å². The Morgan fingerprint density at radius 1 is 1.08 bits per heavy atom. The molecule has 0 aliphatic heterocycles. The highest BCUT2D eigenvalue weighted by molar-refractivity contribution is 6.81. The third-order valence-corrected chi connectivity index (χ3v) is 14.7. The van der Waals surface area contributed by atoms with E-state index in [1.54, 1.807) is 0 Å². The molecule has 1 nitrogen and oxygen atoms in total. The standard InChI is InChI=1S/C21H38OSi2/c1-17(2)19(4)24(10,22-21(5,6)23(7,8)9)16-18(3)20-14-12-11-13-15-20/h11-15,18-19H,1,16H2,2-10H3. The van der Waals surface area contributed by atoms with Crippen LogP contribution in [0.5, 0.6) is 0 Å². The van der Waals surface area contributed by atoms with Gasteiger partial charge < -0.3 is 4.43 Å². The maximum atomic E-state index is 7.04. The van der Waals surface area contributed by atoms with E-state index in [2.05, 4.69) is 97.7 Å². The maximum absolute atomic E-state index is 7.04. The Labute approximate surface area is 152 Å². The maximum Gasteiger partial charge on any atom is 0.197 e. The van der Waals surface area contributed by atoms with E-state index in [9.17, 15) is 0 Å². The molecule has 0 aliphatic carbocycles. The summed E-state index contributed by atoms with van der Waals surface area (Å²) < 4.78 is 7.04. The quantitative estimate of drug-likeness (QED) is 0.357. The summed E-state index contributed by atoms with van der Waals surface area (Å²) in [6.45, 7) is 25.4. The average molecular weight is 363 g/mol. The molecule has 0 saturated heterocycles. The van der Waals surface area contributed by atoms with Crippen molar-refractivity contribution in [1.82, 2.24) is 0 Å². The van der Waals surface area contributed by atoms with Crippen LogP contribution in [0.1, 0.15) is 46.1 Å². The minimum Gasteiger partial charge on any atom is -0.414 e. The molecule has 0 heterocycles. The van der Waals surface area contributed by atoms with Gasteiger partial charge in [0.25, 0.3) is 0 Å². The van der Waals surface area contributed by atoms with Gasteiger partial charge >= 0.3 is 0 Å². The fourth-order valence-electron chi connectivity index (χ4n) is 3.07. The van der Waals surface area contributed by atoms with Gasteiger partial charge in [-0.2, -0.15) is 0 Å². The molecule has 0 bridgehead atoms. The van der Waals surface area contributed by atoms with Crippen LogP contribution in [0, 0.1) is 0 Å². The Morgan fingerprint density at radius 3 is 2.00 bits per heavy atom. The molecule has 1 rings (SSSR count). The lowest BCUT2D eigenvalue weighted by molar-refractivity contribution is 0.167. The average Bonchev–Trinajstić information content (AvgIpc) is 2.45. The van der Waals surface area contributed by atoms with Crippen molar-refractivity contribution in [2.75, 3.05) is 0 Å². The molecule has 0 radical (unpaired) electrons. The molecule has 0 fully saturated rings. The molecule has 1 aromatic carbocycles. The minimum atomic E-state index is -1.97. The molecular formula is C21H38OSi2. The molecule has 0 saturated carbocycles. The number of rotatable bonds is 8. The number of hydrogen-bond donors (Lipinski definition) is 0. The summed E-state index contributed by atoms with van der Waals surface area (Å²) in [7, 11) is -3.39. The van der Waals surface area contributed by atoms with Gasteiger partial charge in [-0.3, -0.25) is 0 Å². The van der Waals surface area contributed by atoms with Crippen LogP contribution in [0.15, 0.2) is 42.5 Å². The fourth-order valence-corrected chi connectivity index (χ4v) is 9.27. The molecular weight excluding hydrogens is 324 g/mol. The summed E-state index contributed by atoms with van der Waals surface area (Å²) in [6, 6.07) is 12.0. The summed E-state index contributed by atoms with van der Waals surface area (Å²) in [6.07, 6.45) is 0. The fraction of sp³-hybridized carbons (Fsp3) is 0.619. The second-order valence-electron chi connectivity index (χ2n) is 9.26. The van der Waals surface area contributed by atoms with Gasteiger partial charge in [0.1, 0.15) is 0 Å². The molecule has 0 aromatic heterocycles. The number of hydrogen-bond acceptors (Lipinski definition) is 1. The summed E-state index contributed by atoms with van der Waals surface area (Å²) in [5, 5.41) is -0.0198. The molecule has 0 N–H and O–H groups in total. The zero-order chi connectivity index (χ0) is 18.8. The summed E-state index contributed by atoms with van der Waals surface area (Å²) in [5.41, 5.74) is 3.13. The van der Waals surface area contributed by atoms with Crippen LogP contribution in [0.2, 0.25) is 37.8 Å². The highest BCUT2D eigenvalue weighted by Gasteiger charge is 2.46. The van der Waals surface area contributed by atoms with Crippen molar-refractivity contribution in [2.24, 2.45) is 0 Å². The van der Waals surface area contributed by atoms with Crippen LogP contribution in [0.3, 0.4) is 0 Å². The van der Waals surface area contributed by atoms with E-state index in [4.69, 9.17) is 4.43 Å². The molecule has 3 atom stereocenters. The van der Waals surface area contributed by atoms with Crippen molar-refractivity contribution in [3.05, 3.63) is 48.0 Å². The van der Waals surface area contributed by atoms with Crippen LogP contribution < -0.4 is 0 Å².